The van der Waals surface area contributed by atoms with Gasteiger partial charge in [0.15, 0.2) is 5.16 Å². The maximum absolute atomic E-state index is 4.04. The van der Waals surface area contributed by atoms with Gasteiger partial charge in [-0.2, -0.15) is 0 Å². The number of aromatic nitrogens is 3. The molecule has 86 valence electrons. The molecule has 0 spiro atoms. The maximum Gasteiger partial charge on any atom is 0.190 e. The summed E-state index contributed by atoms with van der Waals surface area (Å²) >= 11 is 1.76. The molecule has 0 radical (unpaired) electrons. The van der Waals surface area contributed by atoms with Crippen molar-refractivity contribution in [2.24, 2.45) is 13.0 Å². The summed E-state index contributed by atoms with van der Waals surface area (Å²) in [6.07, 6.45) is 1.74. The van der Waals surface area contributed by atoms with Gasteiger partial charge < -0.3 is 9.88 Å². The van der Waals surface area contributed by atoms with Crippen LogP contribution in [0.15, 0.2) is 11.5 Å². The Kier molecular flexibility index (Phi) is 5.11. The Morgan fingerprint density at radius 2 is 2.20 bits per heavy atom. The van der Waals surface area contributed by atoms with E-state index in [0.717, 1.165) is 17.5 Å². The van der Waals surface area contributed by atoms with Gasteiger partial charge in [-0.05, 0) is 12.5 Å². The van der Waals surface area contributed by atoms with Gasteiger partial charge in [0, 0.05) is 18.8 Å². The van der Waals surface area contributed by atoms with Crippen LogP contribution in [-0.4, -0.2) is 33.1 Å². The van der Waals surface area contributed by atoms with Crippen molar-refractivity contribution < 1.29 is 0 Å². The monoisotopic (exact) mass is 228 g/mol. The van der Waals surface area contributed by atoms with Crippen molar-refractivity contribution >= 4 is 11.8 Å². The molecule has 1 aromatic heterocycles. The molecule has 1 unspecified atom stereocenters. The van der Waals surface area contributed by atoms with E-state index in [9.17, 15) is 0 Å². The fourth-order valence-electron chi connectivity index (χ4n) is 1.12. The molecule has 0 fully saturated rings. The Labute approximate surface area is 95.9 Å². The van der Waals surface area contributed by atoms with E-state index in [1.54, 1.807) is 18.1 Å². The summed E-state index contributed by atoms with van der Waals surface area (Å²) < 4.78 is 1.95. The summed E-state index contributed by atoms with van der Waals surface area (Å²) in [5.74, 6) is 1.72. The molecule has 0 aliphatic rings. The standard InChI is InChI=1S/C10H20N4S/c1-8(2)11-5-9(3)6-15-10-13-12-7-14(10)4/h7-9,11H,5-6H2,1-4H3. The quantitative estimate of drug-likeness (QED) is 0.750. The van der Waals surface area contributed by atoms with Gasteiger partial charge in [0.2, 0.25) is 0 Å². The first-order chi connectivity index (χ1) is 7.09. The van der Waals surface area contributed by atoms with Gasteiger partial charge in [0.05, 0.1) is 0 Å². The van der Waals surface area contributed by atoms with Crippen molar-refractivity contribution in [3.05, 3.63) is 6.33 Å². The van der Waals surface area contributed by atoms with Crippen LogP contribution in [0.1, 0.15) is 20.8 Å². The van der Waals surface area contributed by atoms with Crippen molar-refractivity contribution in [1.82, 2.24) is 20.1 Å². The van der Waals surface area contributed by atoms with Gasteiger partial charge in [-0.3, -0.25) is 0 Å². The summed E-state index contributed by atoms with van der Waals surface area (Å²) in [7, 11) is 1.97. The average Bonchev–Trinajstić information content (AvgIpc) is 2.58. The fourth-order valence-corrected chi connectivity index (χ4v) is 2.02. The molecule has 0 aliphatic heterocycles. The Morgan fingerprint density at radius 3 is 2.73 bits per heavy atom. The van der Waals surface area contributed by atoms with Gasteiger partial charge in [-0.1, -0.05) is 32.5 Å². The van der Waals surface area contributed by atoms with Gasteiger partial charge in [0.1, 0.15) is 6.33 Å². The minimum Gasteiger partial charge on any atom is -0.314 e. The number of nitrogens with one attached hydrogen (secondary N) is 1. The second-order valence-corrected chi connectivity index (χ2v) is 5.19. The normalized spacial score (nSPS) is 13.4. The third-order valence-corrected chi connectivity index (χ3v) is 3.40. The molecule has 0 saturated carbocycles. The predicted octanol–water partition coefficient (Wildman–Crippen LogP) is 1.54. The number of hydrogen-bond donors (Lipinski definition) is 1. The lowest BCUT2D eigenvalue weighted by Gasteiger charge is -2.13. The van der Waals surface area contributed by atoms with Gasteiger partial charge in [-0.25, -0.2) is 0 Å². The molecule has 1 heterocycles. The molecule has 1 rings (SSSR count). The van der Waals surface area contributed by atoms with Gasteiger partial charge >= 0.3 is 0 Å². The molecule has 5 heteroatoms. The molecule has 0 bridgehead atoms. The maximum atomic E-state index is 4.04. The van der Waals surface area contributed by atoms with E-state index in [1.165, 1.54) is 0 Å². The first-order valence-electron chi connectivity index (χ1n) is 5.29. The van der Waals surface area contributed by atoms with E-state index in [2.05, 4.69) is 36.3 Å². The van der Waals surface area contributed by atoms with Crippen LogP contribution in [0.5, 0.6) is 0 Å². The van der Waals surface area contributed by atoms with Crippen LogP contribution < -0.4 is 5.32 Å². The Balaban J connectivity index is 2.22. The minimum atomic E-state index is 0.562. The third kappa shape index (κ3) is 4.66. The molecular formula is C10H20N4S. The lowest BCUT2D eigenvalue weighted by Crippen LogP contribution is -2.28. The second kappa shape index (κ2) is 6.12. The van der Waals surface area contributed by atoms with Crippen LogP contribution in [0, 0.1) is 5.92 Å². The lowest BCUT2D eigenvalue weighted by molar-refractivity contribution is 0.509. The number of hydrogen-bond acceptors (Lipinski definition) is 4. The van der Waals surface area contributed by atoms with Crippen LogP contribution in [0.3, 0.4) is 0 Å². The predicted molar refractivity (Wildman–Crippen MR) is 64.0 cm³/mol. The zero-order valence-corrected chi connectivity index (χ0v) is 10.7. The highest BCUT2D eigenvalue weighted by molar-refractivity contribution is 7.99. The number of aryl methyl sites for hydroxylation is 1. The molecule has 0 saturated heterocycles. The van der Waals surface area contributed by atoms with Gasteiger partial charge in [0.25, 0.3) is 0 Å². The van der Waals surface area contributed by atoms with E-state index >= 15 is 0 Å². The van der Waals surface area contributed by atoms with Gasteiger partial charge in [-0.15, -0.1) is 10.2 Å². The molecule has 0 aromatic carbocycles. The Hall–Kier alpha value is -0.550. The third-order valence-electron chi connectivity index (χ3n) is 2.04. The van der Waals surface area contributed by atoms with Crippen molar-refractivity contribution in [3.8, 4) is 0 Å². The minimum absolute atomic E-state index is 0.562. The topological polar surface area (TPSA) is 42.7 Å². The first-order valence-corrected chi connectivity index (χ1v) is 6.28. The molecule has 0 aliphatic carbocycles. The average molecular weight is 228 g/mol. The molecule has 4 nitrogen and oxygen atoms in total. The summed E-state index contributed by atoms with van der Waals surface area (Å²) in [5.41, 5.74) is 0. The van der Waals surface area contributed by atoms with E-state index in [0.29, 0.717) is 12.0 Å². The zero-order chi connectivity index (χ0) is 11.3. The van der Waals surface area contributed by atoms with E-state index < -0.39 is 0 Å². The summed E-state index contributed by atoms with van der Waals surface area (Å²) in [6.45, 7) is 7.65. The number of rotatable bonds is 6. The van der Waals surface area contributed by atoms with E-state index in [1.807, 2.05) is 11.6 Å². The molecule has 1 N–H and O–H groups in total. The van der Waals surface area contributed by atoms with Crippen LogP contribution in [0.2, 0.25) is 0 Å². The zero-order valence-electron chi connectivity index (χ0n) is 9.90. The van der Waals surface area contributed by atoms with E-state index in [4.69, 9.17) is 0 Å². The van der Waals surface area contributed by atoms with E-state index in [-0.39, 0.29) is 0 Å². The van der Waals surface area contributed by atoms with Crippen molar-refractivity contribution in [1.29, 1.82) is 0 Å². The van der Waals surface area contributed by atoms with Crippen molar-refractivity contribution in [2.45, 2.75) is 32.0 Å². The molecule has 0 amide bonds. The lowest BCUT2D eigenvalue weighted by atomic mass is 10.2. The number of nitrogens with zero attached hydrogens (tertiary/aromatic N) is 3. The number of thioether (sulfide) groups is 1. The first kappa shape index (κ1) is 12.5. The highest BCUT2D eigenvalue weighted by atomic mass is 32.2. The van der Waals surface area contributed by atoms with Crippen LogP contribution >= 0.6 is 11.8 Å². The van der Waals surface area contributed by atoms with Crippen LogP contribution in [-0.2, 0) is 7.05 Å². The highest BCUT2D eigenvalue weighted by Crippen LogP contribution is 2.16. The van der Waals surface area contributed by atoms with Crippen molar-refractivity contribution in [2.75, 3.05) is 12.3 Å². The smallest absolute Gasteiger partial charge is 0.190 e. The second-order valence-electron chi connectivity index (χ2n) is 4.20. The highest BCUT2D eigenvalue weighted by Gasteiger charge is 2.06. The molecule has 1 atom stereocenters. The Bertz CT molecular complexity index is 285. The SMILES string of the molecule is CC(CNC(C)C)CSc1nncn1C. The van der Waals surface area contributed by atoms with Crippen LogP contribution in [0.25, 0.3) is 0 Å². The molecular weight excluding hydrogens is 208 g/mol. The van der Waals surface area contributed by atoms with Crippen molar-refractivity contribution in [3.63, 3.8) is 0 Å². The Morgan fingerprint density at radius 1 is 1.47 bits per heavy atom. The summed E-state index contributed by atoms with van der Waals surface area (Å²) in [5, 5.41) is 12.3. The molecule has 15 heavy (non-hydrogen) atoms. The fraction of sp³-hybridized carbons (Fsp3) is 0.800. The largest absolute Gasteiger partial charge is 0.314 e. The van der Waals surface area contributed by atoms with Crippen LogP contribution in [0.4, 0.5) is 0 Å². The summed E-state index contributed by atoms with van der Waals surface area (Å²) in [6, 6.07) is 0.562. The molecule has 1 aromatic rings. The summed E-state index contributed by atoms with van der Waals surface area (Å²) in [4.78, 5) is 0.